The van der Waals surface area contributed by atoms with E-state index in [9.17, 15) is 8.42 Å². The Hall–Kier alpha value is -2.15. The summed E-state index contributed by atoms with van der Waals surface area (Å²) in [6.45, 7) is 3.12. The van der Waals surface area contributed by atoms with Gasteiger partial charge in [-0.05, 0) is 43.1 Å². The molecule has 3 aromatic rings. The number of aromatic nitrogens is 1. The van der Waals surface area contributed by atoms with Crippen LogP contribution in [0.4, 0.5) is 5.69 Å². The van der Waals surface area contributed by atoms with Gasteiger partial charge in [-0.1, -0.05) is 30.3 Å². The van der Waals surface area contributed by atoms with Crippen molar-refractivity contribution in [3.05, 3.63) is 60.8 Å². The number of benzene rings is 2. The average molecular weight is 416 g/mol. The maximum absolute atomic E-state index is 12.9. The zero-order valence-electron chi connectivity index (χ0n) is 15.3. The van der Waals surface area contributed by atoms with E-state index < -0.39 is 9.84 Å². The van der Waals surface area contributed by atoms with Crippen LogP contribution in [0.5, 0.6) is 0 Å². The van der Waals surface area contributed by atoms with E-state index in [0.29, 0.717) is 16.9 Å². The van der Waals surface area contributed by atoms with Crippen LogP contribution >= 0.6 is 12.4 Å². The maximum Gasteiger partial charge on any atom is 0.208 e. The Morgan fingerprint density at radius 1 is 1.00 bits per heavy atom. The highest BCUT2D eigenvalue weighted by molar-refractivity contribution is 7.91. The summed E-state index contributed by atoms with van der Waals surface area (Å²) in [5.41, 5.74) is 1.96. The highest BCUT2D eigenvalue weighted by atomic mass is 35.5. The van der Waals surface area contributed by atoms with Gasteiger partial charge in [-0.3, -0.25) is 4.98 Å². The molecule has 2 saturated heterocycles. The maximum atomic E-state index is 12.9. The molecule has 0 radical (unpaired) electrons. The third kappa shape index (κ3) is 3.15. The van der Waals surface area contributed by atoms with Crippen LogP contribution in [0.2, 0.25) is 0 Å². The van der Waals surface area contributed by atoms with Crippen molar-refractivity contribution in [2.24, 2.45) is 5.92 Å². The number of hydrogen-bond donors (Lipinski definition) is 1. The van der Waals surface area contributed by atoms with Gasteiger partial charge in [0, 0.05) is 30.7 Å². The molecule has 0 amide bonds. The molecule has 1 N–H and O–H groups in total. The van der Waals surface area contributed by atoms with E-state index >= 15 is 0 Å². The summed E-state index contributed by atoms with van der Waals surface area (Å²) < 4.78 is 25.8. The van der Waals surface area contributed by atoms with Crippen LogP contribution in [-0.2, 0) is 9.84 Å². The standard InChI is InChI=1S/C21H21N3O2S.ClH/c25-27(26,17-6-2-1-3-7-17)18-11-15-5-4-8-20(21(15)23-12-18)24-13-16-9-10-22-19(16)14-24;/h1-8,11-12,16,19,22H,9-10,13-14H2;1H. The number of rotatable bonds is 3. The third-order valence-corrected chi connectivity index (χ3v) is 7.47. The van der Waals surface area contributed by atoms with E-state index in [1.54, 1.807) is 30.3 Å². The van der Waals surface area contributed by atoms with E-state index in [2.05, 4.69) is 21.3 Å². The molecular weight excluding hydrogens is 394 g/mol. The fraction of sp³-hybridized carbons (Fsp3) is 0.286. The lowest BCUT2D eigenvalue weighted by atomic mass is 10.1. The molecule has 7 heteroatoms. The van der Waals surface area contributed by atoms with Crippen LogP contribution in [0.3, 0.4) is 0 Å². The van der Waals surface area contributed by atoms with Gasteiger partial charge in [0.15, 0.2) is 0 Å². The molecule has 2 fully saturated rings. The molecule has 3 heterocycles. The lowest BCUT2D eigenvalue weighted by molar-refractivity contribution is 0.556. The van der Waals surface area contributed by atoms with E-state index in [1.165, 1.54) is 12.6 Å². The van der Waals surface area contributed by atoms with Crippen LogP contribution < -0.4 is 10.2 Å². The van der Waals surface area contributed by atoms with Gasteiger partial charge in [0.1, 0.15) is 0 Å². The van der Waals surface area contributed by atoms with Gasteiger partial charge >= 0.3 is 0 Å². The van der Waals surface area contributed by atoms with Gasteiger partial charge in [0.05, 0.1) is 21.0 Å². The van der Waals surface area contributed by atoms with Crippen LogP contribution in [0, 0.1) is 5.92 Å². The predicted octanol–water partition coefficient (Wildman–Crippen LogP) is 3.29. The Morgan fingerprint density at radius 2 is 1.82 bits per heavy atom. The summed E-state index contributed by atoms with van der Waals surface area (Å²) in [6.07, 6.45) is 2.71. The molecule has 0 bridgehead atoms. The highest BCUT2D eigenvalue weighted by Crippen LogP contribution is 2.33. The summed E-state index contributed by atoms with van der Waals surface area (Å²) in [6, 6.07) is 16.8. The second-order valence-corrected chi connectivity index (χ2v) is 9.30. The van der Waals surface area contributed by atoms with Crippen molar-refractivity contribution >= 4 is 38.8 Å². The molecule has 146 valence electrons. The van der Waals surface area contributed by atoms with Crippen molar-refractivity contribution in [3.63, 3.8) is 0 Å². The normalized spacial score (nSPS) is 21.5. The van der Waals surface area contributed by atoms with Gasteiger partial charge in [-0.15, -0.1) is 12.4 Å². The van der Waals surface area contributed by atoms with Crippen molar-refractivity contribution in [2.45, 2.75) is 22.3 Å². The molecule has 5 rings (SSSR count). The van der Waals surface area contributed by atoms with E-state index in [1.807, 2.05) is 18.2 Å². The smallest absolute Gasteiger partial charge is 0.208 e. The molecule has 1 aromatic heterocycles. The number of para-hydroxylation sites is 1. The zero-order valence-corrected chi connectivity index (χ0v) is 16.9. The minimum atomic E-state index is -3.56. The lowest BCUT2D eigenvalue weighted by Gasteiger charge is -2.21. The van der Waals surface area contributed by atoms with Gasteiger partial charge in [0.25, 0.3) is 0 Å². The molecule has 2 atom stereocenters. The Kier molecular flexibility index (Phi) is 5.04. The number of nitrogens with one attached hydrogen (secondary N) is 1. The molecule has 0 aliphatic carbocycles. The quantitative estimate of drug-likeness (QED) is 0.711. The van der Waals surface area contributed by atoms with Gasteiger partial charge < -0.3 is 10.2 Å². The van der Waals surface area contributed by atoms with Crippen molar-refractivity contribution in [1.82, 2.24) is 10.3 Å². The van der Waals surface area contributed by atoms with Gasteiger partial charge in [0.2, 0.25) is 9.84 Å². The Labute approximate surface area is 171 Å². The predicted molar refractivity (Wildman–Crippen MR) is 113 cm³/mol. The first kappa shape index (κ1) is 19.2. The van der Waals surface area contributed by atoms with Crippen molar-refractivity contribution in [1.29, 1.82) is 0 Å². The minimum Gasteiger partial charge on any atom is -0.368 e. The summed E-state index contributed by atoms with van der Waals surface area (Å²) in [7, 11) is -3.56. The number of nitrogens with zero attached hydrogens (tertiary/aromatic N) is 2. The summed E-state index contributed by atoms with van der Waals surface area (Å²) >= 11 is 0. The number of fused-ring (bicyclic) bond motifs is 2. The largest absolute Gasteiger partial charge is 0.368 e. The number of halogens is 1. The minimum absolute atomic E-state index is 0. The fourth-order valence-corrected chi connectivity index (χ4v) is 5.57. The van der Waals surface area contributed by atoms with E-state index in [0.717, 1.165) is 36.2 Å². The molecular formula is C21H22ClN3O2S. The topological polar surface area (TPSA) is 62.3 Å². The van der Waals surface area contributed by atoms with Crippen LogP contribution in [0.15, 0.2) is 70.6 Å². The zero-order chi connectivity index (χ0) is 18.4. The molecule has 28 heavy (non-hydrogen) atoms. The summed E-state index contributed by atoms with van der Waals surface area (Å²) in [4.78, 5) is 7.47. The first-order chi connectivity index (χ1) is 13.1. The molecule has 5 nitrogen and oxygen atoms in total. The number of pyridine rings is 1. The Bertz CT molecular complexity index is 1090. The number of anilines is 1. The molecule has 2 aromatic carbocycles. The summed E-state index contributed by atoms with van der Waals surface area (Å²) in [5.74, 6) is 0.693. The molecule has 0 spiro atoms. The number of hydrogen-bond acceptors (Lipinski definition) is 5. The second kappa shape index (κ2) is 7.35. The van der Waals surface area contributed by atoms with E-state index in [4.69, 9.17) is 0 Å². The Morgan fingerprint density at radius 3 is 2.61 bits per heavy atom. The molecule has 0 saturated carbocycles. The van der Waals surface area contributed by atoms with Crippen LogP contribution in [0.25, 0.3) is 10.9 Å². The third-order valence-electron chi connectivity index (χ3n) is 5.73. The van der Waals surface area contributed by atoms with Crippen LogP contribution in [0.1, 0.15) is 6.42 Å². The Balaban J connectivity index is 0.00000192. The molecule has 2 unspecified atom stereocenters. The second-order valence-electron chi connectivity index (χ2n) is 7.35. The van der Waals surface area contributed by atoms with Crippen LogP contribution in [-0.4, -0.2) is 39.1 Å². The lowest BCUT2D eigenvalue weighted by Crippen LogP contribution is -2.30. The van der Waals surface area contributed by atoms with Gasteiger partial charge in [-0.25, -0.2) is 8.42 Å². The molecule has 2 aliphatic rings. The SMILES string of the molecule is Cl.O=S(=O)(c1ccccc1)c1cnc2c(N3CC4CCNC4C3)cccc2c1. The first-order valence-electron chi connectivity index (χ1n) is 9.30. The van der Waals surface area contributed by atoms with Crippen molar-refractivity contribution < 1.29 is 8.42 Å². The fourth-order valence-electron chi connectivity index (χ4n) is 4.31. The highest BCUT2D eigenvalue weighted by Gasteiger charge is 2.36. The van der Waals surface area contributed by atoms with Crippen molar-refractivity contribution in [2.75, 3.05) is 24.5 Å². The summed E-state index contributed by atoms with van der Waals surface area (Å²) in [5, 5.41) is 4.43. The average Bonchev–Trinajstić information content (AvgIpc) is 3.30. The van der Waals surface area contributed by atoms with Gasteiger partial charge in [-0.2, -0.15) is 0 Å². The van der Waals surface area contributed by atoms with Crippen molar-refractivity contribution in [3.8, 4) is 0 Å². The molecule has 2 aliphatic heterocycles. The number of sulfone groups is 1. The van der Waals surface area contributed by atoms with E-state index in [-0.39, 0.29) is 17.3 Å². The monoisotopic (exact) mass is 415 g/mol. The first-order valence-corrected chi connectivity index (χ1v) is 10.8.